The molecule has 1 aliphatic carbocycles. The second-order valence-electron chi connectivity index (χ2n) is 5.86. The van der Waals surface area contributed by atoms with Crippen molar-refractivity contribution in [2.24, 2.45) is 10.8 Å². The van der Waals surface area contributed by atoms with Crippen molar-refractivity contribution in [3.05, 3.63) is 35.9 Å². The summed E-state index contributed by atoms with van der Waals surface area (Å²) in [5.74, 6) is -2.48. The quantitative estimate of drug-likeness (QED) is 0.847. The second-order valence-corrected chi connectivity index (χ2v) is 5.86. The van der Waals surface area contributed by atoms with E-state index in [9.17, 15) is 24.6 Å². The second kappa shape index (κ2) is 4.31. The Morgan fingerprint density at radius 2 is 1.52 bits per heavy atom. The maximum absolute atomic E-state index is 12.3. The molecule has 110 valence electrons. The molecule has 2 atom stereocenters. The van der Waals surface area contributed by atoms with Crippen LogP contribution in [0.4, 0.5) is 0 Å². The zero-order valence-electron chi connectivity index (χ0n) is 11.3. The van der Waals surface area contributed by atoms with Crippen LogP contribution in [0.3, 0.4) is 0 Å². The Morgan fingerprint density at radius 3 is 2.00 bits per heavy atom. The first kappa shape index (κ1) is 13.6. The summed E-state index contributed by atoms with van der Waals surface area (Å²) in [6, 6.07) is 9.12. The smallest absolute Gasteiger partial charge is 0.312 e. The molecule has 1 saturated carbocycles. The summed E-state index contributed by atoms with van der Waals surface area (Å²) < 4.78 is 0. The highest BCUT2D eigenvalue weighted by atomic mass is 16.4. The average molecular weight is 289 g/mol. The van der Waals surface area contributed by atoms with Crippen LogP contribution in [0, 0.1) is 10.8 Å². The molecular formula is C15H15NO5. The number of likely N-dealkylation sites (tertiary alicyclic amines) is 1. The van der Waals surface area contributed by atoms with Crippen LogP contribution in [-0.4, -0.2) is 46.0 Å². The number of benzene rings is 1. The molecule has 1 aromatic rings. The molecule has 0 aromatic heterocycles. The Hall–Kier alpha value is -2.37. The van der Waals surface area contributed by atoms with Crippen molar-refractivity contribution in [3.63, 3.8) is 0 Å². The Labute approximate surface area is 121 Å². The molecule has 6 heteroatoms. The number of carbonyl (C=O) groups is 3. The van der Waals surface area contributed by atoms with Gasteiger partial charge in [-0.05, 0) is 12.0 Å². The van der Waals surface area contributed by atoms with Gasteiger partial charge in [0, 0.05) is 13.1 Å². The minimum atomic E-state index is -1.30. The predicted molar refractivity (Wildman–Crippen MR) is 71.5 cm³/mol. The van der Waals surface area contributed by atoms with Gasteiger partial charge in [0.25, 0.3) is 0 Å². The normalized spacial score (nSPS) is 29.8. The third kappa shape index (κ3) is 1.82. The van der Waals surface area contributed by atoms with Crippen LogP contribution < -0.4 is 0 Å². The maximum Gasteiger partial charge on any atom is 0.312 e. The molecule has 1 amide bonds. The summed E-state index contributed by atoms with van der Waals surface area (Å²) >= 11 is 0. The first-order chi connectivity index (χ1) is 9.91. The maximum atomic E-state index is 12.3. The molecule has 1 aromatic carbocycles. The fourth-order valence-electron chi connectivity index (χ4n) is 3.35. The zero-order valence-corrected chi connectivity index (χ0v) is 11.3. The van der Waals surface area contributed by atoms with Gasteiger partial charge in [-0.15, -0.1) is 0 Å². The van der Waals surface area contributed by atoms with Crippen molar-refractivity contribution in [2.45, 2.75) is 12.8 Å². The number of hydrogen-bond acceptors (Lipinski definition) is 3. The van der Waals surface area contributed by atoms with Gasteiger partial charge in [0.15, 0.2) is 0 Å². The number of carboxylic acids is 2. The van der Waals surface area contributed by atoms with Crippen LogP contribution in [0.1, 0.15) is 12.0 Å². The van der Waals surface area contributed by atoms with Gasteiger partial charge in [0.1, 0.15) is 10.8 Å². The van der Waals surface area contributed by atoms with E-state index in [0.29, 0.717) is 0 Å². The largest absolute Gasteiger partial charge is 0.481 e. The van der Waals surface area contributed by atoms with E-state index in [1.54, 1.807) is 0 Å². The SMILES string of the molecule is O=C(Cc1ccccc1)N1C[C@@]2(C(=O)O)C[C@@]2(C(=O)O)C1. The molecule has 2 N–H and O–H groups in total. The van der Waals surface area contributed by atoms with E-state index in [-0.39, 0.29) is 31.8 Å². The van der Waals surface area contributed by atoms with Crippen LogP contribution in [0.15, 0.2) is 30.3 Å². The Bertz CT molecular complexity index is 600. The molecule has 3 rings (SSSR count). The first-order valence-electron chi connectivity index (χ1n) is 6.70. The summed E-state index contributed by atoms with van der Waals surface area (Å²) in [6.07, 6.45) is 0.270. The summed E-state index contributed by atoms with van der Waals surface area (Å²) in [5.41, 5.74) is -1.77. The summed E-state index contributed by atoms with van der Waals surface area (Å²) in [5, 5.41) is 18.6. The number of piperidine rings is 1. The number of aliphatic carboxylic acids is 2. The fourth-order valence-corrected chi connectivity index (χ4v) is 3.35. The molecule has 6 nitrogen and oxygen atoms in total. The molecule has 1 heterocycles. The lowest BCUT2D eigenvalue weighted by Crippen LogP contribution is -2.35. The summed E-state index contributed by atoms with van der Waals surface area (Å²) in [6.45, 7) is -0.0272. The number of carbonyl (C=O) groups excluding carboxylic acids is 1. The van der Waals surface area contributed by atoms with Crippen LogP contribution >= 0.6 is 0 Å². The molecule has 0 unspecified atom stereocenters. The Balaban J connectivity index is 1.76. The highest BCUT2D eigenvalue weighted by molar-refractivity contribution is 5.96. The minimum Gasteiger partial charge on any atom is -0.481 e. The molecule has 0 radical (unpaired) electrons. The molecule has 21 heavy (non-hydrogen) atoms. The fraction of sp³-hybridized carbons (Fsp3) is 0.400. The lowest BCUT2D eigenvalue weighted by molar-refractivity contribution is -0.151. The number of rotatable bonds is 4. The van der Waals surface area contributed by atoms with Gasteiger partial charge in [-0.1, -0.05) is 30.3 Å². The summed E-state index contributed by atoms with van der Waals surface area (Å²) in [7, 11) is 0. The topological polar surface area (TPSA) is 94.9 Å². The van der Waals surface area contributed by atoms with E-state index in [1.165, 1.54) is 4.90 Å². The number of hydrogen-bond donors (Lipinski definition) is 2. The van der Waals surface area contributed by atoms with Crippen LogP contribution in [0.5, 0.6) is 0 Å². The molecule has 2 aliphatic rings. The Morgan fingerprint density at radius 1 is 1.00 bits per heavy atom. The third-order valence-corrected chi connectivity index (χ3v) is 4.69. The Kier molecular flexibility index (Phi) is 2.79. The standard InChI is InChI=1S/C15H15NO5/c17-11(6-10-4-2-1-3-5-10)16-8-14(12(18)19)7-15(14,9-16)13(20)21/h1-5H,6-9H2,(H,18,19)(H,20,21)/t14-,15+. The van der Waals surface area contributed by atoms with Gasteiger partial charge < -0.3 is 15.1 Å². The van der Waals surface area contributed by atoms with Gasteiger partial charge in [-0.3, -0.25) is 14.4 Å². The average Bonchev–Trinajstić information content (AvgIpc) is 2.99. The van der Waals surface area contributed by atoms with Gasteiger partial charge in [0.2, 0.25) is 5.91 Å². The van der Waals surface area contributed by atoms with Crippen LogP contribution in [0.25, 0.3) is 0 Å². The van der Waals surface area contributed by atoms with Gasteiger partial charge in [-0.2, -0.15) is 0 Å². The van der Waals surface area contributed by atoms with Gasteiger partial charge in [0.05, 0.1) is 6.42 Å². The molecule has 0 spiro atoms. The van der Waals surface area contributed by atoms with E-state index >= 15 is 0 Å². The predicted octanol–water partition coefficient (Wildman–Crippen LogP) is 0.617. The lowest BCUT2D eigenvalue weighted by Gasteiger charge is -2.20. The van der Waals surface area contributed by atoms with Crippen LogP contribution in [0.2, 0.25) is 0 Å². The van der Waals surface area contributed by atoms with Crippen molar-refractivity contribution >= 4 is 17.8 Å². The van der Waals surface area contributed by atoms with E-state index in [2.05, 4.69) is 0 Å². The number of fused-ring (bicyclic) bond motifs is 1. The van der Waals surface area contributed by atoms with E-state index in [4.69, 9.17) is 0 Å². The monoisotopic (exact) mass is 289 g/mol. The van der Waals surface area contributed by atoms with Crippen LogP contribution in [-0.2, 0) is 20.8 Å². The van der Waals surface area contributed by atoms with Crippen molar-refractivity contribution < 1.29 is 24.6 Å². The zero-order chi connectivity index (χ0) is 15.3. The first-order valence-corrected chi connectivity index (χ1v) is 6.70. The van der Waals surface area contributed by atoms with Crippen molar-refractivity contribution in [1.82, 2.24) is 4.90 Å². The molecule has 1 saturated heterocycles. The number of amides is 1. The molecule has 2 fully saturated rings. The lowest BCUT2D eigenvalue weighted by atomic mass is 9.97. The van der Waals surface area contributed by atoms with Crippen molar-refractivity contribution in [2.75, 3.05) is 13.1 Å². The van der Waals surface area contributed by atoms with E-state index in [1.807, 2.05) is 30.3 Å². The number of carboxylic acid groups (broad SMARTS) is 2. The van der Waals surface area contributed by atoms with Crippen molar-refractivity contribution in [3.8, 4) is 0 Å². The highest BCUT2D eigenvalue weighted by Gasteiger charge is 2.81. The van der Waals surface area contributed by atoms with Gasteiger partial charge >= 0.3 is 11.9 Å². The summed E-state index contributed by atoms with van der Waals surface area (Å²) in [4.78, 5) is 36.4. The van der Waals surface area contributed by atoms with Gasteiger partial charge in [-0.25, -0.2) is 0 Å². The minimum absolute atomic E-state index is 0.0136. The van der Waals surface area contributed by atoms with E-state index < -0.39 is 22.8 Å². The van der Waals surface area contributed by atoms with Crippen molar-refractivity contribution in [1.29, 1.82) is 0 Å². The molecule has 1 aliphatic heterocycles. The van der Waals surface area contributed by atoms with E-state index in [0.717, 1.165) is 5.56 Å². The molecule has 0 bridgehead atoms. The third-order valence-electron chi connectivity index (χ3n) is 4.69. The highest BCUT2D eigenvalue weighted by Crippen LogP contribution is 2.68. The molecular weight excluding hydrogens is 274 g/mol. The number of nitrogens with zero attached hydrogens (tertiary/aromatic N) is 1.